The van der Waals surface area contributed by atoms with Crippen LogP contribution in [0, 0.1) is 48.5 Å². The average molecular weight is 861 g/mol. The second kappa shape index (κ2) is 20.1. The van der Waals surface area contributed by atoms with Crippen LogP contribution in [0.3, 0.4) is 0 Å². The first-order valence-corrected chi connectivity index (χ1v) is 22.0. The lowest BCUT2D eigenvalue weighted by molar-refractivity contribution is 0.413. The zero-order valence-corrected chi connectivity index (χ0v) is 39.9. The van der Waals surface area contributed by atoms with Gasteiger partial charge in [0.25, 0.3) is 0 Å². The van der Waals surface area contributed by atoms with Crippen molar-refractivity contribution >= 4 is 72.9 Å². The summed E-state index contributed by atoms with van der Waals surface area (Å²) < 4.78 is 29.7. The van der Waals surface area contributed by atoms with Gasteiger partial charge in [0.15, 0.2) is 0 Å². The number of rotatable bonds is 5. The number of hydrogen-bond donors (Lipinski definition) is 0. The largest absolute Gasteiger partial charge is 0.496 e. The highest BCUT2D eigenvalue weighted by Gasteiger charge is 2.12. The van der Waals surface area contributed by atoms with Crippen LogP contribution < -0.4 is 23.7 Å². The summed E-state index contributed by atoms with van der Waals surface area (Å²) in [5, 5.41) is 0. The van der Waals surface area contributed by atoms with E-state index >= 15 is 0 Å². The normalized spacial score (nSPS) is 14.7. The molecule has 0 radical (unpaired) electrons. The molecule has 5 nitrogen and oxygen atoms in total. The van der Waals surface area contributed by atoms with E-state index in [1.165, 1.54) is 11.1 Å². The second-order valence-corrected chi connectivity index (χ2v) is 16.8. The molecule has 16 aliphatic carbocycles. The van der Waals surface area contributed by atoms with Crippen molar-refractivity contribution in [2.75, 3.05) is 35.5 Å². The van der Waals surface area contributed by atoms with E-state index < -0.39 is 0 Å². The number of benzene rings is 6. The summed E-state index contributed by atoms with van der Waals surface area (Å²) >= 11 is 0. The molecule has 6 aromatic rings. The van der Waals surface area contributed by atoms with E-state index in [1.807, 2.05) is 0 Å². The van der Waals surface area contributed by atoms with Crippen LogP contribution in [-0.4, -0.2) is 35.5 Å². The van der Waals surface area contributed by atoms with Gasteiger partial charge in [-0.2, -0.15) is 0 Å². The molecule has 0 spiro atoms. The van der Waals surface area contributed by atoms with Gasteiger partial charge in [-0.1, -0.05) is 85.0 Å². The molecule has 0 N–H and O–H groups in total. The van der Waals surface area contributed by atoms with Gasteiger partial charge in [-0.05, 0) is 187 Å². The molecule has 0 saturated carbocycles. The molecule has 65 heavy (non-hydrogen) atoms. The summed E-state index contributed by atoms with van der Waals surface area (Å²) in [5.74, 6) is 3.99. The standard InChI is InChI=1S/C60H60O5/c1-37-26-45-16-21-52-30-42(6)49(35-59(52)64-11)19-24-55-31-43(7)50(36-60(55)65-12)18-23-54-28-40(4)47(33-57(54)62-9)14-13-46-32-56(61-8)53(27-39(46)3)22-17-48-34-58(63-10)51(29-41(48)5)20-15-44(37)25-38(45)2/h13-36H,1-12H3/b14-13?,20-15+,21-16+,22-17+,23-18-,24-19-,44-15?,45-16?,46-13?,47-14?,48-17?,49-19?,50-18?,51-20?,52-21?,53-22?,54-23?,55-24?. The fourth-order valence-corrected chi connectivity index (χ4v) is 8.36. The van der Waals surface area contributed by atoms with E-state index in [0.717, 1.165) is 123 Å². The molecular formula is C60H60O5. The molecule has 330 valence electrons. The van der Waals surface area contributed by atoms with Crippen molar-refractivity contribution in [1.82, 2.24) is 0 Å². The maximum absolute atomic E-state index is 5.94. The first-order chi connectivity index (χ1) is 31.3. The molecule has 12 bridgehead atoms. The first kappa shape index (κ1) is 45.8. The lowest BCUT2D eigenvalue weighted by Gasteiger charge is -2.13. The molecule has 5 heteroatoms. The number of methoxy groups -OCH3 is 5. The molecule has 0 saturated heterocycles. The van der Waals surface area contributed by atoms with Crippen LogP contribution >= 0.6 is 0 Å². The third-order valence-corrected chi connectivity index (χ3v) is 12.4. The topological polar surface area (TPSA) is 46.2 Å². The van der Waals surface area contributed by atoms with Crippen molar-refractivity contribution in [2.45, 2.75) is 48.5 Å². The molecule has 0 atom stereocenters. The molecule has 0 amide bonds. The van der Waals surface area contributed by atoms with Gasteiger partial charge >= 0.3 is 0 Å². The monoisotopic (exact) mass is 860 g/mol. The molecule has 0 unspecified atom stereocenters. The molecule has 0 aliphatic heterocycles. The van der Waals surface area contributed by atoms with E-state index in [0.29, 0.717) is 0 Å². The van der Waals surface area contributed by atoms with Crippen LogP contribution in [0.15, 0.2) is 72.8 Å². The van der Waals surface area contributed by atoms with Crippen LogP contribution in [0.5, 0.6) is 28.7 Å². The van der Waals surface area contributed by atoms with Gasteiger partial charge in [-0.25, -0.2) is 0 Å². The Balaban J connectivity index is 1.33. The number of ether oxygens (including phenoxy) is 5. The molecular weight excluding hydrogens is 801 g/mol. The van der Waals surface area contributed by atoms with Crippen molar-refractivity contribution in [3.63, 3.8) is 0 Å². The summed E-state index contributed by atoms with van der Waals surface area (Å²) in [6.45, 7) is 15.0. The number of hydrogen-bond acceptors (Lipinski definition) is 5. The van der Waals surface area contributed by atoms with Crippen LogP contribution in [0.4, 0.5) is 0 Å². The molecule has 6 aromatic carbocycles. The Kier molecular flexibility index (Phi) is 14.1. The Morgan fingerprint density at radius 3 is 0.462 bits per heavy atom. The SMILES string of the molecule is COc1cc2c(C)cc1/C=C\c1cc(OC)c(cc1C)/C=C\c1cc(OC)c(cc1C)/C=C/c1cc(C)c(cc1C)/C=C/c1cc(C)c(cc1OC)/C=C/c1cc(C)c(cc1OC)C=C2. The highest BCUT2D eigenvalue weighted by atomic mass is 16.5. The smallest absolute Gasteiger partial charge is 0.126 e. The van der Waals surface area contributed by atoms with Gasteiger partial charge in [0.2, 0.25) is 0 Å². The van der Waals surface area contributed by atoms with E-state index in [9.17, 15) is 0 Å². The third kappa shape index (κ3) is 10.3. The van der Waals surface area contributed by atoms with Gasteiger partial charge in [0, 0.05) is 27.8 Å². The highest BCUT2D eigenvalue weighted by molar-refractivity contribution is 5.84. The Morgan fingerprint density at radius 1 is 0.185 bits per heavy atom. The molecule has 0 aromatic heterocycles. The molecule has 0 fully saturated rings. The molecule has 16 aliphatic rings. The van der Waals surface area contributed by atoms with Crippen molar-refractivity contribution in [3.8, 4) is 28.7 Å². The van der Waals surface area contributed by atoms with Gasteiger partial charge in [0.1, 0.15) is 28.7 Å². The lowest BCUT2D eigenvalue weighted by atomic mass is 9.96. The minimum atomic E-state index is 0.791. The Bertz CT molecular complexity index is 2970. The van der Waals surface area contributed by atoms with Crippen LogP contribution in [0.25, 0.3) is 72.9 Å². The first-order valence-electron chi connectivity index (χ1n) is 22.0. The zero-order valence-electron chi connectivity index (χ0n) is 39.9. The van der Waals surface area contributed by atoms with Crippen molar-refractivity contribution in [3.05, 3.63) is 179 Å². The third-order valence-electron chi connectivity index (χ3n) is 12.4. The van der Waals surface area contributed by atoms with Crippen LogP contribution in [-0.2, 0) is 0 Å². The van der Waals surface area contributed by atoms with Crippen molar-refractivity contribution in [1.29, 1.82) is 0 Å². The van der Waals surface area contributed by atoms with E-state index in [-0.39, 0.29) is 0 Å². The average Bonchev–Trinajstić information content (AvgIpc) is 3.29. The quantitative estimate of drug-likeness (QED) is 0.173. The Labute approximate surface area is 386 Å². The zero-order chi connectivity index (χ0) is 46.4. The summed E-state index contributed by atoms with van der Waals surface area (Å²) in [6, 6.07) is 25.9. The van der Waals surface area contributed by atoms with Gasteiger partial charge in [0.05, 0.1) is 35.5 Å². The highest BCUT2D eigenvalue weighted by Crippen LogP contribution is 2.34. The van der Waals surface area contributed by atoms with Gasteiger partial charge in [-0.15, -0.1) is 0 Å². The van der Waals surface area contributed by atoms with E-state index in [2.05, 4.69) is 194 Å². The second-order valence-electron chi connectivity index (χ2n) is 16.8. The van der Waals surface area contributed by atoms with E-state index in [4.69, 9.17) is 23.7 Å². The van der Waals surface area contributed by atoms with Crippen molar-refractivity contribution < 1.29 is 23.7 Å². The van der Waals surface area contributed by atoms with Gasteiger partial charge < -0.3 is 23.7 Å². The number of aryl methyl sites for hydroxylation is 7. The van der Waals surface area contributed by atoms with Crippen LogP contribution in [0.2, 0.25) is 0 Å². The maximum Gasteiger partial charge on any atom is 0.126 e. The maximum atomic E-state index is 5.94. The van der Waals surface area contributed by atoms with Crippen molar-refractivity contribution in [2.24, 2.45) is 0 Å². The predicted molar refractivity (Wildman–Crippen MR) is 278 cm³/mol. The summed E-state index contributed by atoms with van der Waals surface area (Å²) in [7, 11) is 8.60. The minimum Gasteiger partial charge on any atom is -0.496 e. The summed E-state index contributed by atoms with van der Waals surface area (Å²) in [4.78, 5) is 0. The van der Waals surface area contributed by atoms with E-state index in [1.54, 1.807) is 35.5 Å². The molecule has 22 rings (SSSR count). The van der Waals surface area contributed by atoms with Gasteiger partial charge in [-0.3, -0.25) is 0 Å². The fourth-order valence-electron chi connectivity index (χ4n) is 8.36. The minimum absolute atomic E-state index is 0.791. The Morgan fingerprint density at radius 2 is 0.308 bits per heavy atom. The summed E-state index contributed by atoms with van der Waals surface area (Å²) in [6.07, 6.45) is 25.6. The summed E-state index contributed by atoms with van der Waals surface area (Å²) in [5.41, 5.74) is 20.7. The molecule has 0 heterocycles. The van der Waals surface area contributed by atoms with Crippen LogP contribution in [0.1, 0.15) is 106 Å². The predicted octanol–water partition coefficient (Wildman–Crippen LogP) is 15.2. The lowest BCUT2D eigenvalue weighted by Crippen LogP contribution is -1.94. The fraction of sp³-hybridized carbons (Fsp3) is 0.200. The Hall–Kier alpha value is -7.24.